The Balaban J connectivity index is 2.26. The molecule has 0 spiro atoms. The summed E-state index contributed by atoms with van der Waals surface area (Å²) in [7, 11) is -3.74. The van der Waals surface area contributed by atoms with E-state index < -0.39 is 16.0 Å². The third kappa shape index (κ3) is 4.66. The number of hydrogen-bond acceptors (Lipinski definition) is 5. The third-order valence-electron chi connectivity index (χ3n) is 3.08. The van der Waals surface area contributed by atoms with Crippen LogP contribution in [-0.2, 0) is 19.6 Å². The van der Waals surface area contributed by atoms with Gasteiger partial charge < -0.3 is 4.74 Å². The molecule has 0 aromatic heterocycles. The van der Waals surface area contributed by atoms with Crippen molar-refractivity contribution in [1.82, 2.24) is 0 Å². The standard InChI is InChI=1S/C17H18N2O4S/c1-3-23-17(20)12-18-15-6-4-5-7-16(15)19-24(21,22)14-10-8-13(2)9-11-14/h4-12,19H,3H2,1-2H3. The molecule has 0 unspecified atom stereocenters. The van der Waals surface area contributed by atoms with Crippen molar-refractivity contribution >= 4 is 33.6 Å². The van der Waals surface area contributed by atoms with Crippen LogP contribution in [0.4, 0.5) is 11.4 Å². The van der Waals surface area contributed by atoms with Gasteiger partial charge in [0, 0.05) is 0 Å². The summed E-state index contributed by atoms with van der Waals surface area (Å²) in [5.41, 5.74) is 1.56. The predicted molar refractivity (Wildman–Crippen MR) is 93.2 cm³/mol. The molecule has 0 aliphatic heterocycles. The van der Waals surface area contributed by atoms with E-state index in [1.807, 2.05) is 6.92 Å². The van der Waals surface area contributed by atoms with Crippen LogP contribution < -0.4 is 4.72 Å². The first kappa shape index (κ1) is 17.7. The minimum atomic E-state index is -3.74. The second-order valence-corrected chi connectivity index (χ2v) is 6.63. The topological polar surface area (TPSA) is 84.8 Å². The molecule has 0 aliphatic carbocycles. The van der Waals surface area contributed by atoms with Gasteiger partial charge in [-0.3, -0.25) is 4.72 Å². The number of esters is 1. The summed E-state index contributed by atoms with van der Waals surface area (Å²) in [5, 5.41) is 0. The number of rotatable bonds is 6. The normalized spacial score (nSPS) is 11.4. The SMILES string of the molecule is CCOC(=O)C=Nc1ccccc1NS(=O)(=O)c1ccc(C)cc1. The average Bonchev–Trinajstić information content (AvgIpc) is 2.54. The van der Waals surface area contributed by atoms with Gasteiger partial charge in [-0.05, 0) is 38.1 Å². The fourth-order valence-corrected chi connectivity index (χ4v) is 2.97. The van der Waals surface area contributed by atoms with E-state index in [0.29, 0.717) is 5.69 Å². The van der Waals surface area contributed by atoms with Crippen LogP contribution in [0.2, 0.25) is 0 Å². The molecule has 0 aliphatic rings. The van der Waals surface area contributed by atoms with Crippen LogP contribution in [0, 0.1) is 6.92 Å². The first-order valence-corrected chi connectivity index (χ1v) is 8.80. The Morgan fingerprint density at radius 2 is 1.83 bits per heavy atom. The number of para-hydroxylation sites is 2. The number of anilines is 1. The highest BCUT2D eigenvalue weighted by molar-refractivity contribution is 7.92. The summed E-state index contributed by atoms with van der Waals surface area (Å²) in [6.45, 7) is 3.81. The molecule has 7 heteroatoms. The van der Waals surface area contributed by atoms with E-state index in [1.165, 1.54) is 12.1 Å². The molecular weight excluding hydrogens is 328 g/mol. The highest BCUT2D eigenvalue weighted by Gasteiger charge is 2.15. The molecule has 24 heavy (non-hydrogen) atoms. The molecule has 2 aromatic carbocycles. The smallest absolute Gasteiger partial charge is 0.349 e. The number of benzene rings is 2. The molecule has 0 radical (unpaired) electrons. The lowest BCUT2D eigenvalue weighted by atomic mass is 10.2. The Morgan fingerprint density at radius 1 is 1.17 bits per heavy atom. The van der Waals surface area contributed by atoms with Crippen LogP contribution in [0.25, 0.3) is 0 Å². The van der Waals surface area contributed by atoms with Gasteiger partial charge in [-0.25, -0.2) is 18.2 Å². The zero-order valence-corrected chi connectivity index (χ0v) is 14.2. The fraction of sp³-hybridized carbons (Fsp3) is 0.176. The van der Waals surface area contributed by atoms with E-state index in [9.17, 15) is 13.2 Å². The molecule has 2 aromatic rings. The van der Waals surface area contributed by atoms with Crippen molar-refractivity contribution in [1.29, 1.82) is 0 Å². The average molecular weight is 346 g/mol. The Kier molecular flexibility index (Phi) is 5.70. The van der Waals surface area contributed by atoms with Gasteiger partial charge >= 0.3 is 5.97 Å². The Morgan fingerprint density at radius 3 is 2.50 bits per heavy atom. The molecule has 0 fully saturated rings. The van der Waals surface area contributed by atoms with Crippen LogP contribution in [-0.4, -0.2) is 27.2 Å². The molecule has 0 saturated heterocycles. The van der Waals surface area contributed by atoms with Crippen molar-refractivity contribution in [3.8, 4) is 0 Å². The number of carbonyl (C=O) groups is 1. The molecule has 1 N–H and O–H groups in total. The highest BCUT2D eigenvalue weighted by Crippen LogP contribution is 2.26. The number of nitrogens with zero attached hydrogens (tertiary/aromatic N) is 1. The van der Waals surface area contributed by atoms with E-state index in [4.69, 9.17) is 4.74 Å². The second-order valence-electron chi connectivity index (χ2n) is 4.95. The molecule has 0 amide bonds. The van der Waals surface area contributed by atoms with Crippen molar-refractivity contribution in [2.24, 2.45) is 4.99 Å². The van der Waals surface area contributed by atoms with E-state index >= 15 is 0 Å². The summed E-state index contributed by atoms with van der Waals surface area (Å²) >= 11 is 0. The van der Waals surface area contributed by atoms with Crippen molar-refractivity contribution < 1.29 is 17.9 Å². The minimum Gasteiger partial charge on any atom is -0.462 e. The summed E-state index contributed by atoms with van der Waals surface area (Å²) < 4.78 is 32.1. The van der Waals surface area contributed by atoms with Gasteiger partial charge in [0.1, 0.15) is 6.21 Å². The van der Waals surface area contributed by atoms with E-state index in [0.717, 1.165) is 11.8 Å². The summed E-state index contributed by atoms with van der Waals surface area (Å²) in [6.07, 6.45) is 1.02. The molecule has 126 valence electrons. The molecule has 0 heterocycles. The van der Waals surface area contributed by atoms with Crippen molar-refractivity contribution in [3.05, 3.63) is 54.1 Å². The summed E-state index contributed by atoms with van der Waals surface area (Å²) in [4.78, 5) is 15.5. The number of aryl methyl sites for hydroxylation is 1. The van der Waals surface area contributed by atoms with Gasteiger partial charge in [0.05, 0.1) is 22.9 Å². The number of ether oxygens (including phenoxy) is 1. The number of aliphatic imine (C=N–C) groups is 1. The summed E-state index contributed by atoms with van der Waals surface area (Å²) in [6, 6.07) is 13.0. The summed E-state index contributed by atoms with van der Waals surface area (Å²) in [5.74, 6) is -0.589. The molecule has 0 saturated carbocycles. The van der Waals surface area contributed by atoms with Crippen molar-refractivity contribution in [3.63, 3.8) is 0 Å². The maximum atomic E-state index is 12.5. The second kappa shape index (κ2) is 7.74. The Hall–Kier alpha value is -2.67. The van der Waals surface area contributed by atoms with Crippen LogP contribution in [0.1, 0.15) is 12.5 Å². The number of hydrogen-bond donors (Lipinski definition) is 1. The molecular formula is C17H18N2O4S. The van der Waals surface area contributed by atoms with E-state index in [-0.39, 0.29) is 17.2 Å². The first-order valence-electron chi connectivity index (χ1n) is 7.31. The van der Waals surface area contributed by atoms with E-state index in [1.54, 1.807) is 43.3 Å². The third-order valence-corrected chi connectivity index (χ3v) is 4.46. The van der Waals surface area contributed by atoms with Gasteiger partial charge in [-0.15, -0.1) is 0 Å². The predicted octanol–water partition coefficient (Wildman–Crippen LogP) is 3.06. The molecule has 6 nitrogen and oxygen atoms in total. The van der Waals surface area contributed by atoms with Gasteiger partial charge in [-0.2, -0.15) is 0 Å². The zero-order chi connectivity index (χ0) is 17.6. The lowest BCUT2D eigenvalue weighted by molar-refractivity contribution is -0.134. The monoisotopic (exact) mass is 346 g/mol. The van der Waals surface area contributed by atoms with Crippen LogP contribution in [0.5, 0.6) is 0 Å². The minimum absolute atomic E-state index is 0.150. The maximum Gasteiger partial charge on any atom is 0.349 e. The molecule has 0 atom stereocenters. The van der Waals surface area contributed by atoms with Crippen LogP contribution in [0.15, 0.2) is 58.4 Å². The Bertz CT molecular complexity index is 843. The first-order chi connectivity index (χ1) is 11.4. The van der Waals surface area contributed by atoms with Crippen molar-refractivity contribution in [2.75, 3.05) is 11.3 Å². The maximum absolute atomic E-state index is 12.5. The molecule has 0 bridgehead atoms. The van der Waals surface area contributed by atoms with Gasteiger partial charge in [-0.1, -0.05) is 29.8 Å². The van der Waals surface area contributed by atoms with Gasteiger partial charge in [0.2, 0.25) is 0 Å². The fourth-order valence-electron chi connectivity index (χ4n) is 1.90. The Labute approximate surface area is 141 Å². The number of sulfonamides is 1. The van der Waals surface area contributed by atoms with Crippen LogP contribution >= 0.6 is 0 Å². The lowest BCUT2D eigenvalue weighted by Crippen LogP contribution is -2.13. The molecule has 2 rings (SSSR count). The van der Waals surface area contributed by atoms with Gasteiger partial charge in [0.15, 0.2) is 0 Å². The van der Waals surface area contributed by atoms with Crippen LogP contribution in [0.3, 0.4) is 0 Å². The van der Waals surface area contributed by atoms with Crippen molar-refractivity contribution in [2.45, 2.75) is 18.7 Å². The lowest BCUT2D eigenvalue weighted by Gasteiger charge is -2.10. The quantitative estimate of drug-likeness (QED) is 0.643. The highest BCUT2D eigenvalue weighted by atomic mass is 32.2. The number of carbonyl (C=O) groups excluding carboxylic acids is 1. The zero-order valence-electron chi connectivity index (χ0n) is 13.4. The van der Waals surface area contributed by atoms with Gasteiger partial charge in [0.25, 0.3) is 10.0 Å². The van der Waals surface area contributed by atoms with E-state index in [2.05, 4.69) is 9.71 Å². The largest absolute Gasteiger partial charge is 0.462 e. The number of nitrogens with one attached hydrogen (secondary N) is 1.